The van der Waals surface area contributed by atoms with E-state index in [4.69, 9.17) is 11.6 Å². The Bertz CT molecular complexity index is 442. The molecule has 1 aromatic carbocycles. The van der Waals surface area contributed by atoms with E-state index < -0.39 is 0 Å². The van der Waals surface area contributed by atoms with Crippen LogP contribution in [0.3, 0.4) is 0 Å². The molecule has 0 saturated carbocycles. The van der Waals surface area contributed by atoms with E-state index in [0.29, 0.717) is 0 Å². The van der Waals surface area contributed by atoms with E-state index in [1.165, 1.54) is 4.88 Å². The first-order chi connectivity index (χ1) is 7.83. The third-order valence-corrected chi connectivity index (χ3v) is 3.55. The molecular formula is C12H13ClN2S. The monoisotopic (exact) mass is 252 g/mol. The fourth-order valence-electron chi connectivity index (χ4n) is 1.65. The zero-order chi connectivity index (χ0) is 11.4. The Hall–Kier alpha value is -0.900. The maximum absolute atomic E-state index is 6.22. The smallest absolute Gasteiger partial charge is 0.0794 e. The first kappa shape index (κ1) is 11.6. The molecule has 16 heavy (non-hydrogen) atoms. The van der Waals surface area contributed by atoms with Crippen LogP contribution in [0.2, 0.25) is 5.02 Å². The van der Waals surface area contributed by atoms with Crippen LogP contribution in [-0.2, 0) is 0 Å². The van der Waals surface area contributed by atoms with Gasteiger partial charge in [0.25, 0.3) is 0 Å². The lowest BCUT2D eigenvalue weighted by molar-refractivity contribution is 0.639. The highest BCUT2D eigenvalue weighted by atomic mass is 35.5. The number of hydrogen-bond acceptors (Lipinski definition) is 3. The predicted octanol–water partition coefficient (Wildman–Crippen LogP) is 3.50. The summed E-state index contributed by atoms with van der Waals surface area (Å²) in [6.07, 6.45) is 1.89. The number of nitrogens with zero attached hydrogens (tertiary/aromatic N) is 1. The molecule has 0 aliphatic carbocycles. The summed E-state index contributed by atoms with van der Waals surface area (Å²) >= 11 is 7.86. The van der Waals surface area contributed by atoms with E-state index in [1.54, 1.807) is 11.3 Å². The predicted molar refractivity (Wildman–Crippen MR) is 69.1 cm³/mol. The molecule has 0 radical (unpaired) electrons. The molecule has 1 aromatic heterocycles. The molecular weight excluding hydrogens is 240 g/mol. The number of thiazole rings is 1. The van der Waals surface area contributed by atoms with Gasteiger partial charge in [0, 0.05) is 16.1 Å². The fraction of sp³-hybridized carbons (Fsp3) is 0.250. The molecule has 0 amide bonds. The summed E-state index contributed by atoms with van der Waals surface area (Å²) in [4.78, 5) is 5.31. The Morgan fingerprint density at radius 2 is 2.25 bits per heavy atom. The molecule has 2 nitrogen and oxygen atoms in total. The van der Waals surface area contributed by atoms with Gasteiger partial charge in [-0.2, -0.15) is 0 Å². The van der Waals surface area contributed by atoms with Crippen molar-refractivity contribution in [1.29, 1.82) is 0 Å². The van der Waals surface area contributed by atoms with Crippen molar-refractivity contribution in [2.24, 2.45) is 0 Å². The van der Waals surface area contributed by atoms with Gasteiger partial charge in [0.15, 0.2) is 0 Å². The van der Waals surface area contributed by atoms with Gasteiger partial charge in [-0.3, -0.25) is 4.98 Å². The molecule has 2 aromatic rings. The van der Waals surface area contributed by atoms with Crippen LogP contribution in [0.4, 0.5) is 0 Å². The van der Waals surface area contributed by atoms with Gasteiger partial charge in [0.05, 0.1) is 11.6 Å². The molecule has 0 bridgehead atoms. The summed E-state index contributed by atoms with van der Waals surface area (Å²) in [6, 6.07) is 8.07. The van der Waals surface area contributed by atoms with E-state index in [1.807, 2.05) is 29.9 Å². The Morgan fingerprint density at radius 3 is 2.88 bits per heavy atom. The molecule has 0 aliphatic rings. The van der Waals surface area contributed by atoms with Gasteiger partial charge < -0.3 is 5.32 Å². The molecule has 1 unspecified atom stereocenters. The minimum absolute atomic E-state index is 0.145. The summed E-state index contributed by atoms with van der Waals surface area (Å²) < 4.78 is 0. The van der Waals surface area contributed by atoms with E-state index in [2.05, 4.69) is 23.3 Å². The molecule has 0 fully saturated rings. The molecule has 0 aliphatic heterocycles. The first-order valence-electron chi connectivity index (χ1n) is 5.19. The number of hydrogen-bond donors (Lipinski definition) is 1. The molecule has 4 heteroatoms. The zero-order valence-corrected chi connectivity index (χ0v) is 10.6. The highest BCUT2D eigenvalue weighted by Gasteiger charge is 2.16. The third kappa shape index (κ3) is 2.43. The van der Waals surface area contributed by atoms with Gasteiger partial charge in [-0.05, 0) is 18.2 Å². The van der Waals surface area contributed by atoms with Crippen LogP contribution in [0.15, 0.2) is 36.0 Å². The average Bonchev–Trinajstić information content (AvgIpc) is 2.80. The van der Waals surface area contributed by atoms with Gasteiger partial charge in [-0.15, -0.1) is 11.3 Å². The highest BCUT2D eigenvalue weighted by molar-refractivity contribution is 7.09. The first-order valence-corrected chi connectivity index (χ1v) is 6.45. The quantitative estimate of drug-likeness (QED) is 0.901. The van der Waals surface area contributed by atoms with E-state index in [-0.39, 0.29) is 6.04 Å². The summed E-state index contributed by atoms with van der Waals surface area (Å²) in [6.45, 7) is 2.98. The lowest BCUT2D eigenvalue weighted by Gasteiger charge is -2.17. The largest absolute Gasteiger partial charge is 0.306 e. The standard InChI is InChI=1S/C12H13ClN2S/c1-2-15-12(11-7-14-8-16-11)9-5-3-4-6-10(9)13/h3-8,12,15H,2H2,1H3. The lowest BCUT2D eigenvalue weighted by atomic mass is 10.1. The van der Waals surface area contributed by atoms with Crippen molar-refractivity contribution in [3.05, 3.63) is 51.4 Å². The van der Waals surface area contributed by atoms with Crippen LogP contribution < -0.4 is 5.32 Å². The van der Waals surface area contributed by atoms with Crippen molar-refractivity contribution < 1.29 is 0 Å². The van der Waals surface area contributed by atoms with Crippen LogP contribution in [-0.4, -0.2) is 11.5 Å². The maximum atomic E-state index is 6.22. The number of benzene rings is 1. The summed E-state index contributed by atoms with van der Waals surface area (Å²) in [5.41, 5.74) is 2.95. The molecule has 1 heterocycles. The number of halogens is 1. The zero-order valence-electron chi connectivity index (χ0n) is 8.98. The number of rotatable bonds is 4. The van der Waals surface area contributed by atoms with Crippen LogP contribution in [0, 0.1) is 0 Å². The van der Waals surface area contributed by atoms with Crippen molar-refractivity contribution in [2.75, 3.05) is 6.54 Å². The van der Waals surface area contributed by atoms with E-state index in [0.717, 1.165) is 17.1 Å². The molecule has 0 saturated heterocycles. The number of aromatic nitrogens is 1. The molecule has 84 valence electrons. The van der Waals surface area contributed by atoms with Crippen LogP contribution in [0.25, 0.3) is 0 Å². The Kier molecular flexibility index (Phi) is 3.93. The minimum Gasteiger partial charge on any atom is -0.306 e. The summed E-state index contributed by atoms with van der Waals surface area (Å²) in [7, 11) is 0. The molecule has 0 spiro atoms. The highest BCUT2D eigenvalue weighted by Crippen LogP contribution is 2.29. The van der Waals surface area contributed by atoms with Gasteiger partial charge in [0.1, 0.15) is 0 Å². The van der Waals surface area contributed by atoms with Crippen LogP contribution >= 0.6 is 22.9 Å². The Balaban J connectivity index is 2.37. The van der Waals surface area contributed by atoms with Crippen molar-refractivity contribution in [2.45, 2.75) is 13.0 Å². The topological polar surface area (TPSA) is 24.9 Å². The second-order valence-electron chi connectivity index (χ2n) is 3.42. The minimum atomic E-state index is 0.145. The summed E-state index contributed by atoms with van der Waals surface area (Å²) in [5, 5.41) is 4.22. The van der Waals surface area contributed by atoms with Crippen LogP contribution in [0.5, 0.6) is 0 Å². The van der Waals surface area contributed by atoms with Crippen molar-refractivity contribution in [3.63, 3.8) is 0 Å². The van der Waals surface area contributed by atoms with Crippen molar-refractivity contribution in [1.82, 2.24) is 10.3 Å². The van der Waals surface area contributed by atoms with Crippen molar-refractivity contribution in [3.8, 4) is 0 Å². The normalized spacial score (nSPS) is 12.6. The SMILES string of the molecule is CCNC(c1cncs1)c1ccccc1Cl. The van der Waals surface area contributed by atoms with E-state index in [9.17, 15) is 0 Å². The summed E-state index contributed by atoms with van der Waals surface area (Å²) in [5.74, 6) is 0. The maximum Gasteiger partial charge on any atom is 0.0794 e. The fourth-order valence-corrected chi connectivity index (χ4v) is 2.60. The second-order valence-corrected chi connectivity index (χ2v) is 4.74. The third-order valence-electron chi connectivity index (χ3n) is 2.36. The molecule has 1 atom stereocenters. The van der Waals surface area contributed by atoms with Crippen LogP contribution in [0.1, 0.15) is 23.4 Å². The Morgan fingerprint density at radius 1 is 1.44 bits per heavy atom. The number of nitrogens with one attached hydrogen (secondary N) is 1. The molecule has 1 N–H and O–H groups in total. The van der Waals surface area contributed by atoms with Gasteiger partial charge >= 0.3 is 0 Å². The Labute approximate surface area is 104 Å². The average molecular weight is 253 g/mol. The second kappa shape index (κ2) is 5.43. The van der Waals surface area contributed by atoms with Gasteiger partial charge in [-0.25, -0.2) is 0 Å². The van der Waals surface area contributed by atoms with Gasteiger partial charge in [-0.1, -0.05) is 36.7 Å². The van der Waals surface area contributed by atoms with Gasteiger partial charge in [0.2, 0.25) is 0 Å². The lowest BCUT2D eigenvalue weighted by Crippen LogP contribution is -2.21. The van der Waals surface area contributed by atoms with E-state index >= 15 is 0 Å². The van der Waals surface area contributed by atoms with Crippen molar-refractivity contribution >= 4 is 22.9 Å². The molecule has 2 rings (SSSR count).